The number of aromatic nitrogens is 1. The highest BCUT2D eigenvalue weighted by atomic mass is 32.1. The zero-order valence-corrected chi connectivity index (χ0v) is 15.6. The van der Waals surface area contributed by atoms with Crippen molar-refractivity contribution in [1.82, 2.24) is 15.6 Å². The van der Waals surface area contributed by atoms with Crippen LogP contribution in [0.1, 0.15) is 36.0 Å². The molecule has 1 aromatic carbocycles. The van der Waals surface area contributed by atoms with Crippen LogP contribution in [0.25, 0.3) is 0 Å². The van der Waals surface area contributed by atoms with Gasteiger partial charge in [0.15, 0.2) is 5.96 Å². The molecule has 0 unspecified atom stereocenters. The lowest BCUT2D eigenvalue weighted by atomic mass is 10.1. The fourth-order valence-corrected chi connectivity index (χ4v) is 3.06. The van der Waals surface area contributed by atoms with E-state index in [1.807, 2.05) is 12.1 Å². The van der Waals surface area contributed by atoms with Gasteiger partial charge in [0.1, 0.15) is 10.8 Å². The number of aliphatic imine (C=N–C) groups is 1. The van der Waals surface area contributed by atoms with E-state index in [2.05, 4.69) is 52.0 Å². The second kappa shape index (κ2) is 9.27. The van der Waals surface area contributed by atoms with Crippen molar-refractivity contribution in [3.8, 4) is 5.75 Å². The van der Waals surface area contributed by atoms with Crippen LogP contribution in [0.3, 0.4) is 0 Å². The summed E-state index contributed by atoms with van der Waals surface area (Å²) in [5.41, 5.74) is 2.42. The van der Waals surface area contributed by atoms with Gasteiger partial charge in [0.05, 0.1) is 19.3 Å². The van der Waals surface area contributed by atoms with Crippen molar-refractivity contribution in [3.05, 3.63) is 45.9 Å². The van der Waals surface area contributed by atoms with Crippen molar-refractivity contribution in [2.75, 3.05) is 20.7 Å². The maximum Gasteiger partial charge on any atom is 0.191 e. The van der Waals surface area contributed by atoms with Gasteiger partial charge in [-0.2, -0.15) is 0 Å². The second-order valence-electron chi connectivity index (χ2n) is 5.77. The average Bonchev–Trinajstić information content (AvgIpc) is 3.08. The Kier molecular flexibility index (Phi) is 7.06. The second-order valence-corrected chi connectivity index (χ2v) is 6.71. The van der Waals surface area contributed by atoms with E-state index in [1.165, 1.54) is 5.56 Å². The minimum Gasteiger partial charge on any atom is -0.497 e. The van der Waals surface area contributed by atoms with E-state index in [0.717, 1.165) is 35.4 Å². The average molecular weight is 347 g/mol. The predicted octanol–water partition coefficient (Wildman–Crippen LogP) is 3.18. The Morgan fingerprint density at radius 2 is 2.00 bits per heavy atom. The molecule has 0 amide bonds. The number of hydrogen-bond acceptors (Lipinski definition) is 4. The van der Waals surface area contributed by atoms with Crippen molar-refractivity contribution in [2.24, 2.45) is 4.99 Å². The Balaban J connectivity index is 1.75. The first-order valence-electron chi connectivity index (χ1n) is 8.14. The summed E-state index contributed by atoms with van der Waals surface area (Å²) in [4.78, 5) is 8.88. The van der Waals surface area contributed by atoms with E-state index in [4.69, 9.17) is 4.74 Å². The third kappa shape index (κ3) is 5.53. The molecule has 1 heterocycles. The van der Waals surface area contributed by atoms with Crippen LogP contribution >= 0.6 is 11.3 Å². The van der Waals surface area contributed by atoms with Gasteiger partial charge in [-0.05, 0) is 30.0 Å². The number of methoxy groups -OCH3 is 1. The van der Waals surface area contributed by atoms with Crippen LogP contribution in [0.15, 0.2) is 34.6 Å². The van der Waals surface area contributed by atoms with Gasteiger partial charge in [0.2, 0.25) is 0 Å². The zero-order valence-electron chi connectivity index (χ0n) is 14.8. The lowest BCUT2D eigenvalue weighted by Gasteiger charge is -2.11. The molecule has 0 fully saturated rings. The molecule has 24 heavy (non-hydrogen) atoms. The molecule has 6 heteroatoms. The lowest BCUT2D eigenvalue weighted by Crippen LogP contribution is -2.37. The first-order valence-corrected chi connectivity index (χ1v) is 9.02. The lowest BCUT2D eigenvalue weighted by molar-refractivity contribution is 0.414. The highest BCUT2D eigenvalue weighted by Gasteiger charge is 2.06. The number of hydrogen-bond donors (Lipinski definition) is 2. The molecule has 2 N–H and O–H groups in total. The summed E-state index contributed by atoms with van der Waals surface area (Å²) in [5, 5.41) is 9.85. The van der Waals surface area contributed by atoms with Gasteiger partial charge >= 0.3 is 0 Å². The van der Waals surface area contributed by atoms with E-state index in [9.17, 15) is 0 Å². The van der Waals surface area contributed by atoms with Gasteiger partial charge in [-0.1, -0.05) is 26.0 Å². The molecule has 0 aliphatic carbocycles. The monoisotopic (exact) mass is 346 g/mol. The quantitative estimate of drug-likeness (QED) is 0.597. The van der Waals surface area contributed by atoms with Gasteiger partial charge < -0.3 is 15.4 Å². The number of nitrogens with one attached hydrogen (secondary N) is 2. The van der Waals surface area contributed by atoms with E-state index in [-0.39, 0.29) is 0 Å². The smallest absolute Gasteiger partial charge is 0.191 e. The van der Waals surface area contributed by atoms with Crippen molar-refractivity contribution in [2.45, 2.75) is 32.7 Å². The Labute approximate surface area is 148 Å². The van der Waals surface area contributed by atoms with Crippen LogP contribution in [0.4, 0.5) is 0 Å². The predicted molar refractivity (Wildman–Crippen MR) is 101 cm³/mol. The van der Waals surface area contributed by atoms with Crippen molar-refractivity contribution < 1.29 is 4.74 Å². The number of ether oxygens (including phenoxy) is 1. The van der Waals surface area contributed by atoms with E-state index in [1.54, 1.807) is 25.5 Å². The Morgan fingerprint density at radius 1 is 1.25 bits per heavy atom. The topological polar surface area (TPSA) is 58.5 Å². The number of benzene rings is 1. The van der Waals surface area contributed by atoms with Crippen molar-refractivity contribution >= 4 is 17.3 Å². The molecule has 0 radical (unpaired) electrons. The van der Waals surface area contributed by atoms with Crippen LogP contribution in [-0.4, -0.2) is 31.6 Å². The molecular formula is C18H26N4OS. The highest BCUT2D eigenvalue weighted by Crippen LogP contribution is 2.17. The summed E-state index contributed by atoms with van der Waals surface area (Å²) in [6.07, 6.45) is 0.930. The summed E-state index contributed by atoms with van der Waals surface area (Å²) in [5.74, 6) is 2.15. The van der Waals surface area contributed by atoms with Gasteiger partial charge in [-0.3, -0.25) is 4.99 Å². The van der Waals surface area contributed by atoms with Gasteiger partial charge in [-0.25, -0.2) is 4.98 Å². The van der Waals surface area contributed by atoms with E-state index < -0.39 is 0 Å². The molecule has 2 rings (SSSR count). The molecule has 0 aliphatic heterocycles. The summed E-state index contributed by atoms with van der Waals surface area (Å²) in [6, 6.07) is 8.13. The van der Waals surface area contributed by atoms with E-state index in [0.29, 0.717) is 12.5 Å². The summed E-state index contributed by atoms with van der Waals surface area (Å²) in [7, 11) is 3.46. The molecule has 0 spiro atoms. The van der Waals surface area contributed by atoms with Crippen LogP contribution in [-0.2, 0) is 13.0 Å². The third-order valence-corrected chi connectivity index (χ3v) is 4.52. The number of rotatable bonds is 7. The molecule has 0 saturated carbocycles. The maximum atomic E-state index is 5.17. The fraction of sp³-hybridized carbons (Fsp3) is 0.444. The van der Waals surface area contributed by atoms with Gasteiger partial charge in [0, 0.05) is 19.0 Å². The molecule has 130 valence electrons. The molecule has 0 atom stereocenters. The number of thiazole rings is 1. The fourth-order valence-electron chi connectivity index (χ4n) is 2.17. The third-order valence-electron chi connectivity index (χ3n) is 3.66. The standard InChI is InChI=1S/C18H26N4OS/c1-13(2)16-12-24-17(22-16)11-21-18(19-3)20-10-9-14-5-7-15(23-4)8-6-14/h5-8,12-13H,9-11H2,1-4H3,(H2,19,20,21). The first-order chi connectivity index (χ1) is 11.6. The van der Waals surface area contributed by atoms with Crippen LogP contribution in [0, 0.1) is 0 Å². The number of nitrogens with zero attached hydrogens (tertiary/aromatic N) is 2. The molecule has 1 aromatic heterocycles. The Bertz CT molecular complexity index is 649. The SMILES string of the molecule is CN=C(NCCc1ccc(OC)cc1)NCc1nc(C(C)C)cs1. The first kappa shape index (κ1) is 18.3. The molecule has 2 aromatic rings. The minimum absolute atomic E-state index is 0.469. The maximum absolute atomic E-state index is 5.17. The molecule has 5 nitrogen and oxygen atoms in total. The minimum atomic E-state index is 0.469. The molecular weight excluding hydrogens is 320 g/mol. The van der Waals surface area contributed by atoms with Crippen LogP contribution < -0.4 is 15.4 Å². The largest absolute Gasteiger partial charge is 0.497 e. The van der Waals surface area contributed by atoms with Gasteiger partial charge in [-0.15, -0.1) is 11.3 Å². The zero-order chi connectivity index (χ0) is 17.4. The molecule has 0 saturated heterocycles. The van der Waals surface area contributed by atoms with Crippen molar-refractivity contribution in [1.29, 1.82) is 0 Å². The summed E-state index contributed by atoms with van der Waals surface area (Å²) >= 11 is 1.69. The summed E-state index contributed by atoms with van der Waals surface area (Å²) < 4.78 is 5.17. The van der Waals surface area contributed by atoms with Crippen molar-refractivity contribution in [3.63, 3.8) is 0 Å². The van der Waals surface area contributed by atoms with Crippen LogP contribution in [0.5, 0.6) is 5.75 Å². The normalized spacial score (nSPS) is 11.6. The van der Waals surface area contributed by atoms with Crippen LogP contribution in [0.2, 0.25) is 0 Å². The van der Waals surface area contributed by atoms with Gasteiger partial charge in [0.25, 0.3) is 0 Å². The Morgan fingerprint density at radius 3 is 2.58 bits per heavy atom. The Hall–Kier alpha value is -2.08. The molecule has 0 bridgehead atoms. The highest BCUT2D eigenvalue weighted by molar-refractivity contribution is 7.09. The molecule has 0 aliphatic rings. The summed E-state index contributed by atoms with van der Waals surface area (Å²) in [6.45, 7) is 5.83. The van der Waals surface area contributed by atoms with E-state index >= 15 is 0 Å². The number of guanidine groups is 1.